The molecule has 2 unspecified atom stereocenters. The first-order chi connectivity index (χ1) is 16.8. The van der Waals surface area contributed by atoms with Crippen LogP contribution in [0.25, 0.3) is 5.76 Å². The van der Waals surface area contributed by atoms with E-state index in [1.54, 1.807) is 36.4 Å². The van der Waals surface area contributed by atoms with Gasteiger partial charge in [-0.25, -0.2) is 0 Å². The molecule has 2 N–H and O–H groups in total. The summed E-state index contributed by atoms with van der Waals surface area (Å²) in [5, 5.41) is 21.7. The third kappa shape index (κ3) is 4.37. The molecule has 6 nitrogen and oxygen atoms in total. The van der Waals surface area contributed by atoms with E-state index in [2.05, 4.69) is 0 Å². The first kappa shape index (κ1) is 23.0. The number of carbonyl (C=O) groups excluding carboxylic acids is 2. The number of halogens is 1. The number of amides is 1. The van der Waals surface area contributed by atoms with Crippen LogP contribution in [0, 0.1) is 0 Å². The van der Waals surface area contributed by atoms with Crippen LogP contribution >= 0.6 is 11.6 Å². The van der Waals surface area contributed by atoms with Gasteiger partial charge in [0.25, 0.3) is 11.7 Å². The standard InChI is InChI=1S/C28H24ClNO5/c1-16-14-20-15-19(6-11-23(20)35-16)26(32)24-25(18-4-9-22(31)10-5-18)30(28(34)27(24)33)13-12-17-2-7-21(29)8-3-17/h2-11,15-16,25,31-32H,12-14H2,1H3/b26-24-. The Balaban J connectivity index is 1.55. The van der Waals surface area contributed by atoms with Crippen molar-refractivity contribution in [1.29, 1.82) is 0 Å². The topological polar surface area (TPSA) is 87.1 Å². The van der Waals surface area contributed by atoms with Crippen molar-refractivity contribution < 1.29 is 24.5 Å². The molecule has 178 valence electrons. The van der Waals surface area contributed by atoms with Crippen molar-refractivity contribution in [3.8, 4) is 11.5 Å². The van der Waals surface area contributed by atoms with Crippen molar-refractivity contribution in [2.45, 2.75) is 31.9 Å². The van der Waals surface area contributed by atoms with Crippen molar-refractivity contribution in [1.82, 2.24) is 4.90 Å². The lowest BCUT2D eigenvalue weighted by molar-refractivity contribution is -0.139. The fourth-order valence-electron chi connectivity index (χ4n) is 4.74. The Morgan fingerprint density at radius 1 is 1.06 bits per heavy atom. The van der Waals surface area contributed by atoms with Gasteiger partial charge >= 0.3 is 0 Å². The molecule has 0 spiro atoms. The van der Waals surface area contributed by atoms with Crippen LogP contribution < -0.4 is 4.74 Å². The van der Waals surface area contributed by atoms with Crippen LogP contribution in [0.2, 0.25) is 5.02 Å². The number of fused-ring (bicyclic) bond motifs is 1. The third-order valence-electron chi connectivity index (χ3n) is 6.47. The predicted octanol–water partition coefficient (Wildman–Crippen LogP) is 5.03. The number of hydrogen-bond acceptors (Lipinski definition) is 5. The van der Waals surface area contributed by atoms with Crippen molar-refractivity contribution in [3.05, 3.63) is 99.6 Å². The summed E-state index contributed by atoms with van der Waals surface area (Å²) in [6.45, 7) is 2.24. The van der Waals surface area contributed by atoms with Crippen LogP contribution in [0.3, 0.4) is 0 Å². The molecule has 2 atom stereocenters. The summed E-state index contributed by atoms with van der Waals surface area (Å²) in [5.74, 6) is -0.802. The molecular weight excluding hydrogens is 466 g/mol. The lowest BCUT2D eigenvalue weighted by Crippen LogP contribution is -2.31. The van der Waals surface area contributed by atoms with Crippen molar-refractivity contribution in [3.63, 3.8) is 0 Å². The maximum Gasteiger partial charge on any atom is 0.295 e. The number of hydrogen-bond donors (Lipinski definition) is 2. The highest BCUT2D eigenvalue weighted by Crippen LogP contribution is 2.41. The van der Waals surface area contributed by atoms with Gasteiger partial charge in [0.2, 0.25) is 0 Å². The number of phenolic OH excluding ortho intramolecular Hbond substituents is 1. The highest BCUT2D eigenvalue weighted by Gasteiger charge is 2.46. The minimum Gasteiger partial charge on any atom is -0.508 e. The summed E-state index contributed by atoms with van der Waals surface area (Å²) in [7, 11) is 0. The molecule has 3 aromatic carbocycles. The lowest BCUT2D eigenvalue weighted by Gasteiger charge is -2.25. The van der Waals surface area contributed by atoms with E-state index in [9.17, 15) is 19.8 Å². The summed E-state index contributed by atoms with van der Waals surface area (Å²) in [4.78, 5) is 27.9. The highest BCUT2D eigenvalue weighted by atomic mass is 35.5. The van der Waals surface area contributed by atoms with Crippen LogP contribution in [-0.4, -0.2) is 39.5 Å². The normalized spacial score (nSPS) is 20.7. The van der Waals surface area contributed by atoms with Gasteiger partial charge in [-0.2, -0.15) is 0 Å². The van der Waals surface area contributed by atoms with Crippen LogP contribution in [-0.2, 0) is 22.4 Å². The van der Waals surface area contributed by atoms with Gasteiger partial charge in [0.15, 0.2) is 0 Å². The molecule has 0 aliphatic carbocycles. The minimum atomic E-state index is -0.786. The number of rotatable bonds is 5. The molecule has 2 aliphatic heterocycles. The average molecular weight is 490 g/mol. The second kappa shape index (κ2) is 9.12. The molecule has 2 aliphatic rings. The number of aliphatic hydroxyl groups is 1. The number of phenols is 1. The van der Waals surface area contributed by atoms with E-state index in [-0.39, 0.29) is 29.7 Å². The maximum absolute atomic E-state index is 13.2. The Labute approximate surface area is 208 Å². The first-order valence-corrected chi connectivity index (χ1v) is 11.8. The fourth-order valence-corrected chi connectivity index (χ4v) is 4.87. The van der Waals surface area contributed by atoms with E-state index >= 15 is 0 Å². The van der Waals surface area contributed by atoms with E-state index in [0.717, 1.165) is 16.9 Å². The van der Waals surface area contributed by atoms with Crippen LogP contribution in [0.5, 0.6) is 11.5 Å². The van der Waals surface area contributed by atoms with Gasteiger partial charge < -0.3 is 19.8 Å². The zero-order valence-corrected chi connectivity index (χ0v) is 19.8. The zero-order chi connectivity index (χ0) is 24.7. The quantitative estimate of drug-likeness (QED) is 0.298. The summed E-state index contributed by atoms with van der Waals surface area (Å²) in [6, 6.07) is 18.1. The molecule has 0 saturated carbocycles. The van der Waals surface area contributed by atoms with Crippen LogP contribution in [0.4, 0.5) is 0 Å². The molecule has 1 fully saturated rings. The number of likely N-dealkylation sites (tertiary alicyclic amines) is 1. The molecule has 0 radical (unpaired) electrons. The van der Waals surface area contributed by atoms with E-state index in [0.29, 0.717) is 29.0 Å². The first-order valence-electron chi connectivity index (χ1n) is 11.4. The van der Waals surface area contributed by atoms with Gasteiger partial charge in [-0.05, 0) is 72.5 Å². The van der Waals surface area contributed by atoms with Gasteiger partial charge in [0, 0.05) is 23.6 Å². The Hall–Kier alpha value is -3.77. The van der Waals surface area contributed by atoms with Gasteiger partial charge in [-0.1, -0.05) is 35.9 Å². The smallest absolute Gasteiger partial charge is 0.295 e. The third-order valence-corrected chi connectivity index (χ3v) is 6.72. The van der Waals surface area contributed by atoms with E-state index in [1.807, 2.05) is 25.1 Å². The van der Waals surface area contributed by atoms with Gasteiger partial charge in [-0.3, -0.25) is 9.59 Å². The van der Waals surface area contributed by atoms with Crippen molar-refractivity contribution >= 4 is 29.1 Å². The molecule has 0 aromatic heterocycles. The number of nitrogens with zero attached hydrogens (tertiary/aromatic N) is 1. The molecule has 1 saturated heterocycles. The Kier molecular flexibility index (Phi) is 5.99. The lowest BCUT2D eigenvalue weighted by atomic mass is 9.94. The summed E-state index contributed by atoms with van der Waals surface area (Å²) < 4.78 is 5.75. The average Bonchev–Trinajstić information content (AvgIpc) is 3.34. The number of ketones is 1. The summed E-state index contributed by atoms with van der Waals surface area (Å²) >= 11 is 5.98. The minimum absolute atomic E-state index is 0.0312. The fraction of sp³-hybridized carbons (Fsp3) is 0.214. The second-order valence-corrected chi connectivity index (χ2v) is 9.35. The van der Waals surface area contributed by atoms with Gasteiger partial charge in [0.1, 0.15) is 23.4 Å². The number of carbonyl (C=O) groups is 2. The molecule has 0 bridgehead atoms. The number of benzene rings is 3. The highest BCUT2D eigenvalue weighted by molar-refractivity contribution is 6.46. The van der Waals surface area contributed by atoms with Crippen molar-refractivity contribution in [2.24, 2.45) is 0 Å². The number of Topliss-reactive ketones (excluding diaryl/α,β-unsaturated/α-hetero) is 1. The predicted molar refractivity (Wildman–Crippen MR) is 133 cm³/mol. The van der Waals surface area contributed by atoms with E-state index < -0.39 is 17.7 Å². The van der Waals surface area contributed by atoms with E-state index in [4.69, 9.17) is 16.3 Å². The summed E-state index contributed by atoms with van der Waals surface area (Å²) in [5.41, 5.74) is 3.02. The molecule has 35 heavy (non-hydrogen) atoms. The second-order valence-electron chi connectivity index (χ2n) is 8.92. The van der Waals surface area contributed by atoms with Crippen LogP contribution in [0.15, 0.2) is 72.3 Å². The zero-order valence-electron chi connectivity index (χ0n) is 19.1. The number of ether oxygens (including phenoxy) is 1. The van der Waals surface area contributed by atoms with Crippen LogP contribution in [0.1, 0.15) is 35.2 Å². The van der Waals surface area contributed by atoms with Gasteiger partial charge in [-0.15, -0.1) is 0 Å². The Morgan fingerprint density at radius 3 is 2.49 bits per heavy atom. The molecular formula is C28H24ClNO5. The Bertz CT molecular complexity index is 1330. The Morgan fingerprint density at radius 2 is 1.77 bits per heavy atom. The molecule has 2 heterocycles. The number of aliphatic hydroxyl groups excluding tert-OH is 1. The van der Waals surface area contributed by atoms with Crippen molar-refractivity contribution in [2.75, 3.05) is 6.54 Å². The summed E-state index contributed by atoms with van der Waals surface area (Å²) in [6.07, 6.45) is 1.25. The van der Waals surface area contributed by atoms with E-state index in [1.165, 1.54) is 17.0 Å². The number of aromatic hydroxyl groups is 1. The molecule has 3 aromatic rings. The molecule has 1 amide bonds. The largest absolute Gasteiger partial charge is 0.508 e. The maximum atomic E-state index is 13.2. The SMILES string of the molecule is CC1Cc2cc(/C(O)=C3/C(=O)C(=O)N(CCc4ccc(Cl)cc4)C3c3ccc(O)cc3)ccc2O1. The van der Waals surface area contributed by atoms with Gasteiger partial charge in [0.05, 0.1) is 11.6 Å². The molecule has 5 rings (SSSR count). The monoisotopic (exact) mass is 489 g/mol. The molecule has 7 heteroatoms.